The van der Waals surface area contributed by atoms with Gasteiger partial charge in [-0.05, 0) is 43.2 Å². The maximum Gasteiger partial charge on any atom is 0.277 e. The summed E-state index contributed by atoms with van der Waals surface area (Å²) in [6, 6.07) is 2.16. The summed E-state index contributed by atoms with van der Waals surface area (Å²) in [4.78, 5) is 27.7. The Balaban J connectivity index is 1.52. The molecule has 7 nitrogen and oxygen atoms in total. The molecule has 152 valence electrons. The smallest absolute Gasteiger partial charge is 0.277 e. The maximum atomic E-state index is 12.2. The SMILES string of the molecule is CCCNC(=O)CN(C)C(=O)CSc1nnc(-c2cc3c(s2)CC[C@@H](C)C3)o1. The van der Waals surface area contributed by atoms with Crippen molar-refractivity contribution in [2.45, 2.75) is 44.8 Å². The predicted octanol–water partition coefficient (Wildman–Crippen LogP) is 3.00. The van der Waals surface area contributed by atoms with Crippen molar-refractivity contribution in [3.8, 4) is 10.8 Å². The van der Waals surface area contributed by atoms with E-state index in [9.17, 15) is 9.59 Å². The molecule has 9 heteroatoms. The number of fused-ring (bicyclic) bond motifs is 1. The van der Waals surface area contributed by atoms with Gasteiger partial charge >= 0.3 is 0 Å². The van der Waals surface area contributed by atoms with E-state index < -0.39 is 0 Å². The van der Waals surface area contributed by atoms with Crippen LogP contribution in [-0.4, -0.2) is 52.8 Å². The van der Waals surface area contributed by atoms with Crippen LogP contribution < -0.4 is 5.32 Å². The number of rotatable bonds is 8. The Morgan fingerprint density at radius 1 is 1.43 bits per heavy atom. The summed E-state index contributed by atoms with van der Waals surface area (Å²) in [5, 5.41) is 11.3. The zero-order valence-corrected chi connectivity index (χ0v) is 18.1. The summed E-state index contributed by atoms with van der Waals surface area (Å²) in [5.41, 5.74) is 1.39. The van der Waals surface area contributed by atoms with Crippen molar-refractivity contribution in [2.24, 2.45) is 5.92 Å². The Hall–Kier alpha value is -1.87. The van der Waals surface area contributed by atoms with Crippen molar-refractivity contribution < 1.29 is 14.0 Å². The van der Waals surface area contributed by atoms with Crippen molar-refractivity contribution >= 4 is 34.9 Å². The highest BCUT2D eigenvalue weighted by Crippen LogP contribution is 2.37. The normalized spacial score (nSPS) is 15.9. The highest BCUT2D eigenvalue weighted by Gasteiger charge is 2.21. The second-order valence-electron chi connectivity index (χ2n) is 7.17. The number of nitrogens with zero attached hydrogens (tertiary/aromatic N) is 3. The van der Waals surface area contributed by atoms with E-state index in [0.29, 0.717) is 17.7 Å². The fraction of sp³-hybridized carbons (Fsp3) is 0.579. The first-order valence-corrected chi connectivity index (χ1v) is 11.3. The first kappa shape index (κ1) is 20.9. The summed E-state index contributed by atoms with van der Waals surface area (Å²) < 4.78 is 5.74. The van der Waals surface area contributed by atoms with E-state index in [4.69, 9.17) is 4.42 Å². The summed E-state index contributed by atoms with van der Waals surface area (Å²) in [6.07, 6.45) is 4.31. The Kier molecular flexibility index (Phi) is 7.12. The van der Waals surface area contributed by atoms with E-state index in [0.717, 1.165) is 30.1 Å². The highest BCUT2D eigenvalue weighted by molar-refractivity contribution is 7.99. The summed E-state index contributed by atoms with van der Waals surface area (Å²) in [7, 11) is 1.62. The van der Waals surface area contributed by atoms with Gasteiger partial charge < -0.3 is 14.6 Å². The lowest BCUT2D eigenvalue weighted by atomic mass is 9.90. The molecule has 2 heterocycles. The molecule has 2 amide bonds. The molecule has 0 bridgehead atoms. The van der Waals surface area contributed by atoms with Gasteiger partial charge in [-0.3, -0.25) is 9.59 Å². The van der Waals surface area contributed by atoms with Crippen molar-refractivity contribution in [1.29, 1.82) is 0 Å². The first-order chi connectivity index (χ1) is 13.5. The zero-order chi connectivity index (χ0) is 20.1. The molecule has 0 aromatic carbocycles. The van der Waals surface area contributed by atoms with Crippen LogP contribution >= 0.6 is 23.1 Å². The van der Waals surface area contributed by atoms with Crippen LogP contribution in [0.2, 0.25) is 0 Å². The van der Waals surface area contributed by atoms with E-state index in [2.05, 4.69) is 28.5 Å². The number of aromatic nitrogens is 2. The van der Waals surface area contributed by atoms with Gasteiger partial charge in [-0.15, -0.1) is 21.5 Å². The minimum Gasteiger partial charge on any atom is -0.410 e. The number of hydrogen-bond donors (Lipinski definition) is 1. The lowest BCUT2D eigenvalue weighted by Gasteiger charge is -2.16. The maximum absolute atomic E-state index is 12.2. The number of carbonyl (C=O) groups is 2. The van der Waals surface area contributed by atoms with Crippen molar-refractivity contribution in [1.82, 2.24) is 20.4 Å². The minimum atomic E-state index is -0.156. The molecule has 0 spiro atoms. The van der Waals surface area contributed by atoms with Crippen molar-refractivity contribution in [3.05, 3.63) is 16.5 Å². The molecule has 0 saturated heterocycles. The molecule has 1 aliphatic carbocycles. The Morgan fingerprint density at radius 3 is 3.04 bits per heavy atom. The van der Waals surface area contributed by atoms with Gasteiger partial charge in [0.15, 0.2) is 0 Å². The quantitative estimate of drug-likeness (QED) is 0.658. The molecule has 0 saturated carbocycles. The van der Waals surface area contributed by atoms with Crippen LogP contribution in [0.25, 0.3) is 10.8 Å². The van der Waals surface area contributed by atoms with Crippen LogP contribution in [0.5, 0.6) is 0 Å². The molecule has 0 aliphatic heterocycles. The molecule has 2 aromatic rings. The molecule has 28 heavy (non-hydrogen) atoms. The fourth-order valence-electron chi connectivity index (χ4n) is 3.04. The van der Waals surface area contributed by atoms with E-state index in [1.165, 1.54) is 33.5 Å². The third-order valence-corrected chi connectivity index (χ3v) is 6.67. The van der Waals surface area contributed by atoms with Crippen LogP contribution in [-0.2, 0) is 22.4 Å². The number of thiophene rings is 1. The Morgan fingerprint density at radius 2 is 2.25 bits per heavy atom. The number of carbonyl (C=O) groups excluding carboxylic acids is 2. The van der Waals surface area contributed by atoms with Gasteiger partial charge in [0.05, 0.1) is 17.2 Å². The van der Waals surface area contributed by atoms with Gasteiger partial charge in [-0.1, -0.05) is 25.6 Å². The minimum absolute atomic E-state index is 0.0493. The topological polar surface area (TPSA) is 88.3 Å². The number of hydrogen-bond acceptors (Lipinski definition) is 7. The summed E-state index contributed by atoms with van der Waals surface area (Å²) in [6.45, 7) is 4.93. The van der Waals surface area contributed by atoms with Crippen LogP contribution in [0, 0.1) is 5.92 Å². The van der Waals surface area contributed by atoms with E-state index in [1.807, 2.05) is 6.92 Å². The highest BCUT2D eigenvalue weighted by atomic mass is 32.2. The van der Waals surface area contributed by atoms with E-state index >= 15 is 0 Å². The third kappa shape index (κ3) is 5.35. The lowest BCUT2D eigenvalue weighted by molar-refractivity contribution is -0.132. The Bertz CT molecular complexity index is 833. The fourth-order valence-corrected chi connectivity index (χ4v) is 4.87. The monoisotopic (exact) mass is 422 g/mol. The zero-order valence-electron chi connectivity index (χ0n) is 16.5. The third-order valence-electron chi connectivity index (χ3n) is 4.64. The largest absolute Gasteiger partial charge is 0.410 e. The second-order valence-corrected chi connectivity index (χ2v) is 9.23. The molecule has 0 unspecified atom stereocenters. The average molecular weight is 423 g/mol. The molecule has 1 aliphatic rings. The van der Waals surface area contributed by atoms with Crippen molar-refractivity contribution in [2.75, 3.05) is 25.9 Å². The molecular weight excluding hydrogens is 396 g/mol. The molecule has 2 aromatic heterocycles. The molecule has 0 fully saturated rings. The second kappa shape index (κ2) is 9.56. The van der Waals surface area contributed by atoms with Crippen molar-refractivity contribution in [3.63, 3.8) is 0 Å². The van der Waals surface area contributed by atoms with Crippen LogP contribution in [0.1, 0.15) is 37.1 Å². The number of likely N-dealkylation sites (N-methyl/N-ethyl adjacent to an activating group) is 1. The van der Waals surface area contributed by atoms with Crippen LogP contribution in [0.15, 0.2) is 15.7 Å². The molecule has 3 rings (SSSR count). The van der Waals surface area contributed by atoms with Gasteiger partial charge in [0.2, 0.25) is 11.8 Å². The molecule has 1 atom stereocenters. The first-order valence-electron chi connectivity index (χ1n) is 9.55. The summed E-state index contributed by atoms with van der Waals surface area (Å²) in [5.74, 6) is 1.07. The molecule has 1 N–H and O–H groups in total. The standard InChI is InChI=1S/C19H26N4O3S2/c1-4-7-20-16(24)10-23(3)17(25)11-27-19-22-21-18(26-19)15-9-13-8-12(2)5-6-14(13)28-15/h9,12H,4-8,10-11H2,1-3H3,(H,20,24)/t12-/m1/s1. The molecular formula is C19H26N4O3S2. The van der Waals surface area contributed by atoms with E-state index in [1.54, 1.807) is 18.4 Å². The molecule has 0 radical (unpaired) electrons. The van der Waals surface area contributed by atoms with Gasteiger partial charge in [-0.2, -0.15) is 0 Å². The van der Waals surface area contributed by atoms with Gasteiger partial charge in [0.1, 0.15) is 0 Å². The van der Waals surface area contributed by atoms with E-state index in [-0.39, 0.29) is 24.1 Å². The number of amides is 2. The number of nitrogens with one attached hydrogen (secondary N) is 1. The van der Waals surface area contributed by atoms with Crippen LogP contribution in [0.4, 0.5) is 0 Å². The predicted molar refractivity (Wildman–Crippen MR) is 110 cm³/mol. The lowest BCUT2D eigenvalue weighted by Crippen LogP contribution is -2.39. The Labute approximate surface area is 173 Å². The van der Waals surface area contributed by atoms with Crippen LogP contribution in [0.3, 0.4) is 0 Å². The average Bonchev–Trinajstić information content (AvgIpc) is 3.30. The van der Waals surface area contributed by atoms with Gasteiger partial charge in [0, 0.05) is 18.5 Å². The van der Waals surface area contributed by atoms with Gasteiger partial charge in [-0.25, -0.2) is 0 Å². The number of aryl methyl sites for hydroxylation is 1. The number of thioether (sulfide) groups is 1. The van der Waals surface area contributed by atoms with Gasteiger partial charge in [0.25, 0.3) is 11.1 Å². The summed E-state index contributed by atoms with van der Waals surface area (Å²) >= 11 is 2.92.